The number of furan rings is 1. The summed E-state index contributed by atoms with van der Waals surface area (Å²) in [5, 5.41) is 12.7. The zero-order valence-electron chi connectivity index (χ0n) is 31.9. The highest BCUT2D eigenvalue weighted by Gasteiger charge is 2.28. The van der Waals surface area contributed by atoms with Crippen LogP contribution in [-0.4, -0.2) is 23.5 Å². The van der Waals surface area contributed by atoms with Crippen molar-refractivity contribution in [2.24, 2.45) is 0 Å². The summed E-state index contributed by atoms with van der Waals surface area (Å²) in [5.74, 6) is 0.632. The summed E-state index contributed by atoms with van der Waals surface area (Å²) in [4.78, 5) is 11.2. The highest BCUT2D eigenvalue weighted by Crippen LogP contribution is 2.49. The summed E-state index contributed by atoms with van der Waals surface area (Å²) in [5.41, 5.74) is 13.6. The predicted octanol–water partition coefficient (Wildman–Crippen LogP) is 14.0. The number of hydrogen-bond acceptors (Lipinski definition) is 3. The van der Waals surface area contributed by atoms with E-state index in [0.717, 1.165) is 88.0 Å². The Morgan fingerprint density at radius 2 is 1.07 bits per heavy atom. The van der Waals surface area contributed by atoms with Crippen LogP contribution in [0.25, 0.3) is 137 Å². The number of para-hydroxylation sites is 3. The summed E-state index contributed by atoms with van der Waals surface area (Å²) < 4.78 is 13.8. The van der Waals surface area contributed by atoms with E-state index in [4.69, 9.17) is 14.4 Å². The number of hydrogen-bond donors (Lipinski definition) is 0. The molecule has 9 aromatic carbocycles. The first kappa shape index (κ1) is 30.9. The maximum Gasteiger partial charge on any atom is 0.235 e. The molecule has 0 atom stereocenters. The van der Waals surface area contributed by atoms with Gasteiger partial charge >= 0.3 is 0 Å². The van der Waals surface area contributed by atoms with Crippen molar-refractivity contribution < 1.29 is 4.42 Å². The summed E-state index contributed by atoms with van der Waals surface area (Å²) in [6, 6.07) is 63.2. The van der Waals surface area contributed by atoms with E-state index in [1.807, 2.05) is 0 Å². The second kappa shape index (κ2) is 10.8. The summed E-state index contributed by atoms with van der Waals surface area (Å²) in [6.45, 7) is 0. The lowest BCUT2D eigenvalue weighted by Gasteiger charge is -2.14. The second-order valence-electron chi connectivity index (χ2n) is 16.1. The van der Waals surface area contributed by atoms with Crippen LogP contribution in [0.2, 0.25) is 0 Å². The zero-order chi connectivity index (χ0) is 38.8. The fourth-order valence-corrected chi connectivity index (χ4v) is 10.7. The molecule has 0 saturated carbocycles. The Hall–Kier alpha value is -8.22. The van der Waals surface area contributed by atoms with Crippen LogP contribution in [0, 0.1) is 0 Å². The second-order valence-corrected chi connectivity index (χ2v) is 16.1. The number of fused-ring (bicyclic) bond motifs is 10. The maximum atomic E-state index is 6.64. The van der Waals surface area contributed by atoms with E-state index in [9.17, 15) is 0 Å². The van der Waals surface area contributed by atoms with E-state index in [-0.39, 0.29) is 0 Å². The van der Waals surface area contributed by atoms with Gasteiger partial charge in [0.15, 0.2) is 0 Å². The molecule has 6 heteroatoms. The van der Waals surface area contributed by atoms with Crippen LogP contribution in [0.1, 0.15) is 0 Å². The SMILES string of the molecule is c1ccc(-n2c3ccccc3c3ccc(-c4nc(-n5c6ccc7oc8cccc9c8c7c6c6c5ccc5c7ccccc7n9c56)nc5c4ccc4ccccc45)cc32)cc1. The van der Waals surface area contributed by atoms with Crippen LogP contribution < -0.4 is 0 Å². The van der Waals surface area contributed by atoms with Crippen LogP contribution in [0.3, 0.4) is 0 Å². The molecule has 6 aromatic heterocycles. The first-order valence-corrected chi connectivity index (χ1v) is 20.4. The van der Waals surface area contributed by atoms with Gasteiger partial charge in [-0.2, -0.15) is 0 Å². The molecule has 0 spiro atoms. The predicted molar refractivity (Wildman–Crippen MR) is 247 cm³/mol. The fraction of sp³-hybridized carbons (Fsp3) is 0. The van der Waals surface area contributed by atoms with Gasteiger partial charge in [0.05, 0.1) is 55.2 Å². The van der Waals surface area contributed by atoms with Crippen LogP contribution in [0.5, 0.6) is 0 Å². The lowest BCUT2D eigenvalue weighted by molar-refractivity contribution is 0.669. The quantitative estimate of drug-likeness (QED) is 0.168. The van der Waals surface area contributed by atoms with E-state index in [0.29, 0.717) is 5.95 Å². The third-order valence-corrected chi connectivity index (χ3v) is 13.1. The van der Waals surface area contributed by atoms with Gasteiger partial charge in [-0.3, -0.25) is 4.57 Å². The standard InChI is InChI=1S/C54H29N5O/c1-2-12-32(13-3-1)57-39-17-8-6-15-34(39)36-23-22-31(29-44(36)57)51-38-24-21-30-11-4-5-14-33(30)52(38)56-54(55-51)59-42-27-28-46-50-47-41(19-10-20-45(47)60-46)58-40-18-9-7-16-35(40)37-25-26-43(59)49(48(42)50)53(37)58/h1-29H. The Balaban J connectivity index is 1.11. The number of nitrogens with zero attached hydrogens (tertiary/aromatic N) is 5. The van der Waals surface area contributed by atoms with Gasteiger partial charge in [0.25, 0.3) is 0 Å². The van der Waals surface area contributed by atoms with Crippen LogP contribution >= 0.6 is 0 Å². The molecular formula is C54H29N5O. The van der Waals surface area contributed by atoms with Crippen LogP contribution in [-0.2, 0) is 0 Å². The molecule has 0 saturated heterocycles. The van der Waals surface area contributed by atoms with Crippen LogP contribution in [0.15, 0.2) is 180 Å². The topological polar surface area (TPSA) is 53.2 Å². The molecule has 0 bridgehead atoms. The molecular weight excluding hydrogens is 735 g/mol. The lowest BCUT2D eigenvalue weighted by Crippen LogP contribution is -2.04. The molecule has 0 N–H and O–H groups in total. The largest absolute Gasteiger partial charge is 0.456 e. The Labute approximate surface area is 340 Å². The van der Waals surface area contributed by atoms with Crippen molar-refractivity contribution in [3.8, 4) is 22.9 Å². The smallest absolute Gasteiger partial charge is 0.235 e. The highest BCUT2D eigenvalue weighted by atomic mass is 16.3. The van der Waals surface area contributed by atoms with Crippen molar-refractivity contribution in [1.29, 1.82) is 0 Å². The zero-order valence-corrected chi connectivity index (χ0v) is 31.9. The van der Waals surface area contributed by atoms with E-state index in [1.54, 1.807) is 0 Å². The third-order valence-electron chi connectivity index (χ3n) is 13.1. The molecule has 0 fully saturated rings. The van der Waals surface area contributed by atoms with Crippen molar-refractivity contribution in [2.75, 3.05) is 0 Å². The summed E-state index contributed by atoms with van der Waals surface area (Å²) >= 11 is 0. The molecule has 276 valence electrons. The fourth-order valence-electron chi connectivity index (χ4n) is 10.7. The van der Waals surface area contributed by atoms with E-state index >= 15 is 0 Å². The molecule has 0 radical (unpaired) electrons. The molecule has 0 unspecified atom stereocenters. The Morgan fingerprint density at radius 3 is 1.97 bits per heavy atom. The summed E-state index contributed by atoms with van der Waals surface area (Å²) in [6.07, 6.45) is 0. The Bertz CT molecular complexity index is 4300. The molecule has 0 aliphatic heterocycles. The van der Waals surface area contributed by atoms with Crippen molar-refractivity contribution >= 4 is 115 Å². The van der Waals surface area contributed by atoms with Gasteiger partial charge in [0.1, 0.15) is 11.2 Å². The average Bonchev–Trinajstić information content (AvgIpc) is 4.02. The minimum atomic E-state index is 0.632. The highest BCUT2D eigenvalue weighted by molar-refractivity contribution is 6.37. The molecule has 0 aliphatic rings. The molecule has 6 heterocycles. The molecule has 0 amide bonds. The first-order chi connectivity index (χ1) is 29.8. The molecule has 15 rings (SSSR count). The van der Waals surface area contributed by atoms with Gasteiger partial charge in [0.2, 0.25) is 5.95 Å². The van der Waals surface area contributed by atoms with E-state index in [2.05, 4.69) is 189 Å². The third kappa shape index (κ3) is 3.71. The monoisotopic (exact) mass is 763 g/mol. The minimum Gasteiger partial charge on any atom is -0.456 e. The molecule has 60 heavy (non-hydrogen) atoms. The van der Waals surface area contributed by atoms with Crippen LogP contribution in [0.4, 0.5) is 0 Å². The number of rotatable bonds is 3. The Morgan fingerprint density at radius 1 is 0.383 bits per heavy atom. The van der Waals surface area contributed by atoms with E-state index in [1.165, 1.54) is 43.5 Å². The van der Waals surface area contributed by atoms with E-state index < -0.39 is 0 Å². The molecule has 6 nitrogen and oxygen atoms in total. The number of aromatic nitrogens is 5. The molecule has 15 aromatic rings. The number of benzene rings is 9. The van der Waals surface area contributed by atoms with Crippen molar-refractivity contribution in [3.05, 3.63) is 176 Å². The minimum absolute atomic E-state index is 0.632. The Kier molecular flexibility index (Phi) is 5.57. The first-order valence-electron chi connectivity index (χ1n) is 20.4. The average molecular weight is 764 g/mol. The van der Waals surface area contributed by atoms with Crippen molar-refractivity contribution in [1.82, 2.24) is 23.5 Å². The van der Waals surface area contributed by atoms with Gasteiger partial charge in [-0.1, -0.05) is 109 Å². The molecule has 0 aliphatic carbocycles. The van der Waals surface area contributed by atoms with Gasteiger partial charge in [-0.25, -0.2) is 9.97 Å². The van der Waals surface area contributed by atoms with Crippen molar-refractivity contribution in [2.45, 2.75) is 0 Å². The maximum absolute atomic E-state index is 6.64. The van der Waals surface area contributed by atoms with Gasteiger partial charge in [-0.05, 0) is 72.1 Å². The van der Waals surface area contributed by atoms with Gasteiger partial charge in [0, 0.05) is 59.7 Å². The normalized spacial score (nSPS) is 12.7. The van der Waals surface area contributed by atoms with Crippen molar-refractivity contribution in [3.63, 3.8) is 0 Å². The van der Waals surface area contributed by atoms with Gasteiger partial charge in [-0.15, -0.1) is 0 Å². The summed E-state index contributed by atoms with van der Waals surface area (Å²) in [7, 11) is 0. The lowest BCUT2D eigenvalue weighted by atomic mass is 10.0. The van der Waals surface area contributed by atoms with Gasteiger partial charge < -0.3 is 13.4 Å².